The molecule has 2 bridgehead atoms. The van der Waals surface area contributed by atoms with E-state index in [1.807, 2.05) is 0 Å². The molecule has 3 unspecified atom stereocenters. The number of nitrogens with zero attached hydrogens (tertiary/aromatic N) is 3. The van der Waals surface area contributed by atoms with Crippen LogP contribution in [0.2, 0.25) is 0 Å². The molecule has 0 radical (unpaired) electrons. The van der Waals surface area contributed by atoms with Gasteiger partial charge in [-0.1, -0.05) is 6.07 Å². The van der Waals surface area contributed by atoms with Crippen LogP contribution in [0.3, 0.4) is 0 Å². The predicted octanol–water partition coefficient (Wildman–Crippen LogP) is 2.86. The maximum Gasteiger partial charge on any atom is 0.408 e. The normalized spacial score (nSPS) is 26.9. The fourth-order valence-electron chi connectivity index (χ4n) is 3.72. The Morgan fingerprint density at radius 2 is 1.87 bits per heavy atom. The molecule has 0 N–H and O–H groups in total. The predicted molar refractivity (Wildman–Crippen MR) is 80.3 cm³/mol. The van der Waals surface area contributed by atoms with Crippen LogP contribution < -0.4 is 4.74 Å². The summed E-state index contributed by atoms with van der Waals surface area (Å²) in [6.07, 6.45) is -2.18. The van der Waals surface area contributed by atoms with Gasteiger partial charge in [-0.3, -0.25) is 9.80 Å². The summed E-state index contributed by atoms with van der Waals surface area (Å²) in [5, 5.41) is 0. The molecule has 7 heteroatoms. The minimum Gasteiger partial charge on any atom is -0.481 e. The van der Waals surface area contributed by atoms with E-state index in [1.165, 1.54) is 25.4 Å². The molecule has 3 rings (SSSR count). The summed E-state index contributed by atoms with van der Waals surface area (Å²) in [4.78, 5) is 7.84. The molecule has 2 aliphatic rings. The van der Waals surface area contributed by atoms with Crippen LogP contribution in [0.5, 0.6) is 5.88 Å². The van der Waals surface area contributed by atoms with Gasteiger partial charge in [0.2, 0.25) is 5.88 Å². The zero-order valence-electron chi connectivity index (χ0n) is 13.5. The second kappa shape index (κ2) is 5.94. The van der Waals surface area contributed by atoms with Gasteiger partial charge in [0, 0.05) is 43.5 Å². The number of methoxy groups -OCH3 is 1. The van der Waals surface area contributed by atoms with E-state index >= 15 is 0 Å². The molecule has 0 amide bonds. The number of piperazine rings is 1. The monoisotopic (exact) mass is 329 g/mol. The number of piperidine rings is 1. The van der Waals surface area contributed by atoms with E-state index in [0.717, 1.165) is 6.42 Å². The Kier molecular flexibility index (Phi) is 4.27. The number of fused-ring (bicyclic) bond motifs is 2. The second-order valence-electron chi connectivity index (χ2n) is 6.62. The van der Waals surface area contributed by atoms with Crippen LogP contribution in [0.15, 0.2) is 18.3 Å². The Morgan fingerprint density at radius 1 is 1.22 bits per heavy atom. The fraction of sp³-hybridized carbons (Fsp3) is 0.688. The number of aromatic nitrogens is 1. The van der Waals surface area contributed by atoms with Crippen LogP contribution in [-0.2, 0) is 0 Å². The van der Waals surface area contributed by atoms with E-state index in [2.05, 4.69) is 23.7 Å². The zero-order chi connectivity index (χ0) is 16.8. The number of halogens is 3. The summed E-state index contributed by atoms with van der Waals surface area (Å²) < 4.78 is 46.1. The lowest BCUT2D eigenvalue weighted by Crippen LogP contribution is -2.71. The second-order valence-corrected chi connectivity index (χ2v) is 6.62. The van der Waals surface area contributed by atoms with E-state index in [9.17, 15) is 13.2 Å². The fourth-order valence-corrected chi connectivity index (χ4v) is 3.72. The molecule has 2 saturated heterocycles. The molecule has 23 heavy (non-hydrogen) atoms. The number of hydrogen-bond donors (Lipinski definition) is 0. The molecular formula is C16H22F3N3O. The van der Waals surface area contributed by atoms with Crippen LogP contribution in [0.1, 0.15) is 31.9 Å². The average molecular weight is 329 g/mol. The van der Waals surface area contributed by atoms with Gasteiger partial charge < -0.3 is 4.74 Å². The Balaban J connectivity index is 1.84. The molecule has 2 fully saturated rings. The lowest BCUT2D eigenvalue weighted by Gasteiger charge is -2.60. The third kappa shape index (κ3) is 3.04. The highest BCUT2D eigenvalue weighted by molar-refractivity contribution is 5.24. The standard InChI is InChI=1S/C16H22F3N3O/c1-10(2)21-8-12-6-13(9-21)22(12)15(16(17,18)19)11-4-5-14(23-3)20-7-11/h4-5,7,10,12-13,15H,6,8-9H2,1-3H3. The van der Waals surface area contributed by atoms with Crippen molar-refractivity contribution in [3.8, 4) is 5.88 Å². The number of alkyl halides is 3. The molecule has 0 aliphatic carbocycles. The maximum atomic E-state index is 13.7. The Labute approximate surface area is 134 Å². The van der Waals surface area contributed by atoms with Crippen LogP contribution in [0.4, 0.5) is 13.2 Å². The Hall–Kier alpha value is -1.34. The smallest absolute Gasteiger partial charge is 0.408 e. The van der Waals surface area contributed by atoms with Crippen LogP contribution in [0, 0.1) is 0 Å². The van der Waals surface area contributed by atoms with Crippen LogP contribution in [-0.4, -0.2) is 59.3 Å². The average Bonchev–Trinajstić information content (AvgIpc) is 2.51. The van der Waals surface area contributed by atoms with Gasteiger partial charge in [0.25, 0.3) is 0 Å². The van der Waals surface area contributed by atoms with Gasteiger partial charge in [-0.2, -0.15) is 13.2 Å². The molecule has 0 aromatic carbocycles. The van der Waals surface area contributed by atoms with Crippen molar-refractivity contribution in [2.75, 3.05) is 20.2 Å². The molecule has 3 heterocycles. The first-order chi connectivity index (χ1) is 10.8. The first kappa shape index (κ1) is 16.5. The minimum atomic E-state index is -4.31. The summed E-state index contributed by atoms with van der Waals surface area (Å²) in [5.41, 5.74) is 0.186. The summed E-state index contributed by atoms with van der Waals surface area (Å²) in [6, 6.07) is 1.67. The number of hydrogen-bond acceptors (Lipinski definition) is 4. The van der Waals surface area contributed by atoms with Gasteiger partial charge in [0.1, 0.15) is 6.04 Å². The summed E-state index contributed by atoms with van der Waals surface area (Å²) in [5.74, 6) is 0.324. The van der Waals surface area contributed by atoms with Crippen LogP contribution in [0.25, 0.3) is 0 Å². The van der Waals surface area contributed by atoms with E-state index in [1.54, 1.807) is 4.90 Å². The van der Waals surface area contributed by atoms with Crippen LogP contribution >= 0.6 is 0 Å². The third-order valence-electron chi connectivity index (χ3n) is 4.90. The number of likely N-dealkylation sites (tertiary alicyclic amines) is 2. The molecule has 4 nitrogen and oxygen atoms in total. The van der Waals surface area contributed by atoms with E-state index in [0.29, 0.717) is 25.0 Å². The first-order valence-corrected chi connectivity index (χ1v) is 7.89. The largest absolute Gasteiger partial charge is 0.481 e. The lowest BCUT2D eigenvalue weighted by molar-refractivity contribution is -0.232. The molecule has 128 valence electrons. The van der Waals surface area contributed by atoms with E-state index in [-0.39, 0.29) is 17.6 Å². The van der Waals surface area contributed by atoms with Crippen molar-refractivity contribution in [3.05, 3.63) is 23.9 Å². The topological polar surface area (TPSA) is 28.6 Å². The summed E-state index contributed by atoms with van der Waals surface area (Å²) in [7, 11) is 1.45. The van der Waals surface area contributed by atoms with Crippen molar-refractivity contribution in [3.63, 3.8) is 0 Å². The number of pyridine rings is 1. The quantitative estimate of drug-likeness (QED) is 0.849. The summed E-state index contributed by atoms with van der Waals surface area (Å²) in [6.45, 7) is 5.57. The van der Waals surface area contributed by atoms with Crippen molar-refractivity contribution >= 4 is 0 Å². The van der Waals surface area contributed by atoms with Crippen molar-refractivity contribution in [1.29, 1.82) is 0 Å². The molecule has 3 atom stereocenters. The van der Waals surface area contributed by atoms with Crippen molar-refractivity contribution in [2.45, 2.75) is 50.6 Å². The molecular weight excluding hydrogens is 307 g/mol. The highest BCUT2D eigenvalue weighted by atomic mass is 19.4. The summed E-state index contributed by atoms with van der Waals surface area (Å²) >= 11 is 0. The third-order valence-corrected chi connectivity index (χ3v) is 4.90. The van der Waals surface area contributed by atoms with Gasteiger partial charge in [0.15, 0.2) is 0 Å². The Morgan fingerprint density at radius 3 is 2.30 bits per heavy atom. The van der Waals surface area contributed by atoms with Crippen molar-refractivity contribution < 1.29 is 17.9 Å². The van der Waals surface area contributed by atoms with E-state index in [4.69, 9.17) is 4.74 Å². The van der Waals surface area contributed by atoms with Gasteiger partial charge in [-0.05, 0) is 25.8 Å². The number of ether oxygens (including phenoxy) is 1. The Bertz CT molecular complexity index is 534. The molecule has 0 saturated carbocycles. The lowest BCUT2D eigenvalue weighted by atomic mass is 9.83. The minimum absolute atomic E-state index is 0.0372. The van der Waals surface area contributed by atoms with Crippen molar-refractivity contribution in [2.24, 2.45) is 0 Å². The van der Waals surface area contributed by atoms with E-state index < -0.39 is 12.2 Å². The van der Waals surface area contributed by atoms with Gasteiger partial charge in [0.05, 0.1) is 7.11 Å². The SMILES string of the molecule is COc1ccc(C(N2C3CC2CN(C(C)C)C3)C(F)(F)F)cn1. The van der Waals surface area contributed by atoms with Gasteiger partial charge >= 0.3 is 6.18 Å². The highest BCUT2D eigenvalue weighted by Crippen LogP contribution is 2.47. The number of rotatable bonds is 4. The molecule has 1 aromatic rings. The van der Waals surface area contributed by atoms with Gasteiger partial charge in [-0.25, -0.2) is 4.98 Å². The highest BCUT2D eigenvalue weighted by Gasteiger charge is 2.56. The molecule has 2 aliphatic heterocycles. The first-order valence-electron chi connectivity index (χ1n) is 7.89. The zero-order valence-corrected chi connectivity index (χ0v) is 13.5. The maximum absolute atomic E-state index is 13.7. The van der Waals surface area contributed by atoms with Crippen molar-refractivity contribution in [1.82, 2.24) is 14.8 Å². The van der Waals surface area contributed by atoms with Gasteiger partial charge in [-0.15, -0.1) is 0 Å². The molecule has 1 aromatic heterocycles. The molecule has 0 spiro atoms.